The minimum atomic E-state index is -0.644. The van der Waals surface area contributed by atoms with Crippen LogP contribution in [0.2, 0.25) is 0 Å². The van der Waals surface area contributed by atoms with E-state index in [0.29, 0.717) is 17.4 Å². The summed E-state index contributed by atoms with van der Waals surface area (Å²) in [6.45, 7) is 3.76. The number of nitrogens with one attached hydrogen (secondary N) is 2. The van der Waals surface area contributed by atoms with Crippen molar-refractivity contribution < 1.29 is 14.3 Å². The van der Waals surface area contributed by atoms with E-state index >= 15 is 0 Å². The molecule has 0 aliphatic carbocycles. The molecule has 2 N–H and O–H groups in total. The molecule has 0 saturated carbocycles. The van der Waals surface area contributed by atoms with Crippen LogP contribution < -0.4 is 10.6 Å². The topological polar surface area (TPSA) is 80.3 Å². The Bertz CT molecular complexity index is 970. The van der Waals surface area contributed by atoms with Gasteiger partial charge in [-0.25, -0.2) is 9.78 Å². The van der Waals surface area contributed by atoms with E-state index in [4.69, 9.17) is 4.74 Å². The number of benzene rings is 2. The van der Waals surface area contributed by atoms with Gasteiger partial charge in [0.1, 0.15) is 0 Å². The Hall–Kier alpha value is -3.45. The molecule has 0 fully saturated rings. The number of hydrogen-bond donors (Lipinski definition) is 2. The molecule has 0 aliphatic rings. The van der Waals surface area contributed by atoms with Crippen molar-refractivity contribution in [3.8, 4) is 11.1 Å². The van der Waals surface area contributed by atoms with Crippen LogP contribution in [0.25, 0.3) is 11.1 Å². The van der Waals surface area contributed by atoms with Gasteiger partial charge in [0.15, 0.2) is 17.4 Å². The smallest absolute Gasteiger partial charge is 0.358 e. The number of ether oxygens (including phenoxy) is 1. The van der Waals surface area contributed by atoms with Crippen LogP contribution in [0.5, 0.6) is 0 Å². The molecule has 2 aromatic carbocycles. The number of aromatic nitrogens is 1. The number of para-hydroxylation sites is 1. The van der Waals surface area contributed by atoms with E-state index in [1.165, 1.54) is 11.3 Å². The molecule has 3 aromatic rings. The third-order valence-electron chi connectivity index (χ3n) is 3.73. The second-order valence-electron chi connectivity index (χ2n) is 5.74. The lowest BCUT2D eigenvalue weighted by Gasteiger charge is -2.11. The highest BCUT2D eigenvalue weighted by molar-refractivity contribution is 7.13. The zero-order valence-electron chi connectivity index (χ0n) is 15.1. The number of amides is 1. The molecule has 142 valence electrons. The van der Waals surface area contributed by atoms with E-state index < -0.39 is 18.5 Å². The van der Waals surface area contributed by atoms with Gasteiger partial charge in [0, 0.05) is 23.2 Å². The zero-order valence-corrected chi connectivity index (χ0v) is 15.9. The Morgan fingerprint density at radius 1 is 1.11 bits per heavy atom. The van der Waals surface area contributed by atoms with Crippen LogP contribution in [-0.4, -0.2) is 30.0 Å². The van der Waals surface area contributed by atoms with Gasteiger partial charge in [-0.15, -0.1) is 17.9 Å². The second kappa shape index (κ2) is 9.48. The number of anilines is 2. The maximum Gasteiger partial charge on any atom is 0.358 e. The molecule has 28 heavy (non-hydrogen) atoms. The molecule has 1 amide bonds. The van der Waals surface area contributed by atoms with Crippen molar-refractivity contribution in [1.82, 2.24) is 4.98 Å². The Morgan fingerprint density at radius 3 is 2.64 bits per heavy atom. The van der Waals surface area contributed by atoms with Gasteiger partial charge >= 0.3 is 5.97 Å². The van der Waals surface area contributed by atoms with Crippen molar-refractivity contribution in [1.29, 1.82) is 0 Å². The quantitative estimate of drug-likeness (QED) is 0.443. The number of carbonyl (C=O) groups excluding carboxylic acids is 2. The number of carbonyl (C=O) groups is 2. The summed E-state index contributed by atoms with van der Waals surface area (Å²) in [6.07, 6.45) is 1.69. The normalized spacial score (nSPS) is 10.1. The lowest BCUT2D eigenvalue weighted by molar-refractivity contribution is -0.119. The minimum absolute atomic E-state index is 0.161. The summed E-state index contributed by atoms with van der Waals surface area (Å²) >= 11 is 1.28. The molecule has 0 spiro atoms. The molecule has 0 atom stereocenters. The third kappa shape index (κ3) is 5.05. The van der Waals surface area contributed by atoms with E-state index in [-0.39, 0.29) is 5.69 Å². The summed E-state index contributed by atoms with van der Waals surface area (Å²) in [6, 6.07) is 17.2. The maximum atomic E-state index is 12.2. The predicted octanol–water partition coefficient (Wildman–Crippen LogP) is 4.20. The second-order valence-corrected chi connectivity index (χ2v) is 6.60. The summed E-state index contributed by atoms with van der Waals surface area (Å²) in [5, 5.41) is 7.95. The SMILES string of the molecule is C=CCNc1nc(C(=O)OCC(=O)Nc2ccccc2-c2ccccc2)cs1. The largest absolute Gasteiger partial charge is 0.451 e. The van der Waals surface area contributed by atoms with E-state index in [1.54, 1.807) is 17.5 Å². The van der Waals surface area contributed by atoms with Crippen molar-refractivity contribution in [2.24, 2.45) is 0 Å². The van der Waals surface area contributed by atoms with Gasteiger partial charge in [-0.2, -0.15) is 0 Å². The highest BCUT2D eigenvalue weighted by Gasteiger charge is 2.15. The molecule has 0 unspecified atom stereocenters. The molecular formula is C21H19N3O3S. The fraction of sp³-hybridized carbons (Fsp3) is 0.0952. The van der Waals surface area contributed by atoms with Crippen molar-refractivity contribution in [3.05, 3.63) is 78.3 Å². The Labute approximate surface area is 166 Å². The molecule has 1 aromatic heterocycles. The van der Waals surface area contributed by atoms with Gasteiger partial charge in [0.05, 0.1) is 0 Å². The molecule has 7 heteroatoms. The van der Waals surface area contributed by atoms with Crippen LogP contribution in [0.4, 0.5) is 10.8 Å². The van der Waals surface area contributed by atoms with Gasteiger partial charge in [0.2, 0.25) is 0 Å². The molecular weight excluding hydrogens is 374 g/mol. The molecule has 1 heterocycles. The number of hydrogen-bond acceptors (Lipinski definition) is 6. The third-order valence-corrected chi connectivity index (χ3v) is 4.53. The van der Waals surface area contributed by atoms with Gasteiger partial charge in [0.25, 0.3) is 5.91 Å². The van der Waals surface area contributed by atoms with Crippen LogP contribution >= 0.6 is 11.3 Å². The van der Waals surface area contributed by atoms with Crippen LogP contribution in [0.15, 0.2) is 72.6 Å². The monoisotopic (exact) mass is 393 g/mol. The molecule has 3 rings (SSSR count). The predicted molar refractivity (Wildman–Crippen MR) is 112 cm³/mol. The van der Waals surface area contributed by atoms with Gasteiger partial charge in [-0.1, -0.05) is 54.6 Å². The Morgan fingerprint density at radius 2 is 1.86 bits per heavy atom. The number of nitrogens with zero attached hydrogens (tertiary/aromatic N) is 1. The first-order valence-corrected chi connectivity index (χ1v) is 9.47. The van der Waals surface area contributed by atoms with Crippen molar-refractivity contribution in [3.63, 3.8) is 0 Å². The Kier molecular flexibility index (Phi) is 6.54. The maximum absolute atomic E-state index is 12.2. The van der Waals surface area contributed by atoms with Gasteiger partial charge in [-0.05, 0) is 11.6 Å². The van der Waals surface area contributed by atoms with E-state index in [9.17, 15) is 9.59 Å². The number of esters is 1. The Balaban J connectivity index is 1.58. The molecule has 0 saturated heterocycles. The summed E-state index contributed by atoms with van der Waals surface area (Å²) in [4.78, 5) is 28.4. The summed E-state index contributed by atoms with van der Waals surface area (Å²) < 4.78 is 5.07. The van der Waals surface area contributed by atoms with Crippen LogP contribution in [-0.2, 0) is 9.53 Å². The molecule has 0 aliphatic heterocycles. The van der Waals surface area contributed by atoms with E-state index in [0.717, 1.165) is 11.1 Å². The average Bonchev–Trinajstić information content (AvgIpc) is 3.20. The standard InChI is InChI=1S/C21H19N3O3S/c1-2-12-22-21-24-18(14-28-21)20(26)27-13-19(25)23-17-11-7-6-10-16(17)15-8-4-3-5-9-15/h2-11,14H,1,12-13H2,(H,22,24)(H,23,25). The summed E-state index contributed by atoms with van der Waals surface area (Å²) in [5.41, 5.74) is 2.69. The minimum Gasteiger partial charge on any atom is -0.451 e. The average molecular weight is 393 g/mol. The van der Waals surface area contributed by atoms with E-state index in [1.807, 2.05) is 48.5 Å². The van der Waals surface area contributed by atoms with Gasteiger partial charge < -0.3 is 15.4 Å². The number of rotatable bonds is 8. The van der Waals surface area contributed by atoms with Crippen molar-refractivity contribution >= 4 is 34.0 Å². The molecule has 6 nitrogen and oxygen atoms in total. The first kappa shape index (κ1) is 19.3. The molecule has 0 radical (unpaired) electrons. The van der Waals surface area contributed by atoms with Crippen molar-refractivity contribution in [2.75, 3.05) is 23.8 Å². The zero-order chi connectivity index (χ0) is 19.8. The highest BCUT2D eigenvalue weighted by Crippen LogP contribution is 2.27. The molecule has 0 bridgehead atoms. The van der Waals surface area contributed by atoms with Gasteiger partial charge in [-0.3, -0.25) is 4.79 Å². The first-order valence-electron chi connectivity index (χ1n) is 8.59. The van der Waals surface area contributed by atoms with E-state index in [2.05, 4.69) is 22.2 Å². The first-order chi connectivity index (χ1) is 13.7. The fourth-order valence-corrected chi connectivity index (χ4v) is 3.15. The van der Waals surface area contributed by atoms with Crippen LogP contribution in [0, 0.1) is 0 Å². The van der Waals surface area contributed by atoms with Crippen LogP contribution in [0.1, 0.15) is 10.5 Å². The lowest BCUT2D eigenvalue weighted by Crippen LogP contribution is -2.21. The lowest BCUT2D eigenvalue weighted by atomic mass is 10.0. The van der Waals surface area contributed by atoms with Crippen molar-refractivity contribution in [2.45, 2.75) is 0 Å². The number of thiazole rings is 1. The highest BCUT2D eigenvalue weighted by atomic mass is 32.1. The summed E-state index contributed by atoms with van der Waals surface area (Å²) in [7, 11) is 0. The summed E-state index contributed by atoms with van der Waals surface area (Å²) in [5.74, 6) is -1.06. The fourth-order valence-electron chi connectivity index (χ4n) is 2.46. The van der Waals surface area contributed by atoms with Crippen LogP contribution in [0.3, 0.4) is 0 Å².